The van der Waals surface area contributed by atoms with Gasteiger partial charge in [-0.2, -0.15) is 5.10 Å². The van der Waals surface area contributed by atoms with Gasteiger partial charge in [0.2, 0.25) is 0 Å². The van der Waals surface area contributed by atoms with Crippen molar-refractivity contribution in [2.75, 3.05) is 6.61 Å². The molecule has 96 valence electrons. The second kappa shape index (κ2) is 6.12. The molecule has 17 heavy (non-hydrogen) atoms. The van der Waals surface area contributed by atoms with Gasteiger partial charge in [-0.1, -0.05) is 0 Å². The van der Waals surface area contributed by atoms with Crippen molar-refractivity contribution in [1.82, 2.24) is 14.8 Å². The van der Waals surface area contributed by atoms with Crippen molar-refractivity contribution in [3.8, 4) is 0 Å². The highest BCUT2D eigenvalue weighted by Gasteiger charge is 2.17. The first-order chi connectivity index (χ1) is 8.29. The van der Waals surface area contributed by atoms with Crippen LogP contribution in [0.1, 0.15) is 38.4 Å². The van der Waals surface area contributed by atoms with Crippen molar-refractivity contribution < 1.29 is 4.74 Å². The summed E-state index contributed by atoms with van der Waals surface area (Å²) in [4.78, 5) is 4.25. The fourth-order valence-electron chi connectivity index (χ4n) is 2.32. The number of hydrogen-bond acceptors (Lipinski definition) is 4. The Morgan fingerprint density at radius 1 is 1.65 bits per heavy atom. The third kappa shape index (κ3) is 3.51. The van der Waals surface area contributed by atoms with Gasteiger partial charge in [0.05, 0.1) is 6.10 Å². The Bertz CT molecular complexity index is 333. The van der Waals surface area contributed by atoms with Crippen LogP contribution < -0.4 is 5.73 Å². The fourth-order valence-corrected chi connectivity index (χ4v) is 2.32. The number of nitrogens with two attached hydrogens (primary N) is 1. The largest absolute Gasteiger partial charge is 0.378 e. The second-order valence-electron chi connectivity index (χ2n) is 4.67. The third-order valence-electron chi connectivity index (χ3n) is 3.32. The van der Waals surface area contributed by atoms with Crippen LogP contribution >= 0.6 is 0 Å². The maximum absolute atomic E-state index is 6.13. The molecule has 0 saturated carbocycles. The molecule has 0 amide bonds. The molecule has 1 aliphatic heterocycles. The Balaban J connectivity index is 1.74. The Labute approximate surface area is 102 Å². The SMILES string of the molecule is CCn1ncnc1CC(N)CCC1CCCO1. The number of rotatable bonds is 6. The molecule has 2 heterocycles. The van der Waals surface area contributed by atoms with Crippen LogP contribution in [-0.2, 0) is 17.7 Å². The zero-order valence-corrected chi connectivity index (χ0v) is 10.5. The summed E-state index contributed by atoms with van der Waals surface area (Å²) in [6, 6.07) is 0.161. The Kier molecular flexibility index (Phi) is 4.50. The smallest absolute Gasteiger partial charge is 0.138 e. The summed E-state index contributed by atoms with van der Waals surface area (Å²) in [5, 5.41) is 4.15. The second-order valence-corrected chi connectivity index (χ2v) is 4.67. The van der Waals surface area contributed by atoms with Crippen LogP contribution in [0.25, 0.3) is 0 Å². The van der Waals surface area contributed by atoms with Gasteiger partial charge in [0.25, 0.3) is 0 Å². The highest BCUT2D eigenvalue weighted by Crippen LogP contribution is 2.18. The summed E-state index contributed by atoms with van der Waals surface area (Å²) in [6.45, 7) is 3.84. The van der Waals surface area contributed by atoms with Crippen molar-refractivity contribution in [1.29, 1.82) is 0 Å². The maximum atomic E-state index is 6.13. The van der Waals surface area contributed by atoms with Crippen molar-refractivity contribution in [2.24, 2.45) is 5.73 Å². The molecule has 1 aromatic heterocycles. The van der Waals surface area contributed by atoms with Crippen LogP contribution in [0.5, 0.6) is 0 Å². The van der Waals surface area contributed by atoms with Crippen molar-refractivity contribution in [3.63, 3.8) is 0 Å². The van der Waals surface area contributed by atoms with E-state index in [9.17, 15) is 0 Å². The van der Waals surface area contributed by atoms with Crippen molar-refractivity contribution >= 4 is 0 Å². The Hall–Kier alpha value is -0.940. The molecule has 1 fully saturated rings. The standard InChI is InChI=1S/C12H22N4O/c1-2-16-12(14-9-15-16)8-10(13)5-6-11-4-3-7-17-11/h9-11H,2-8,13H2,1H3. The summed E-state index contributed by atoms with van der Waals surface area (Å²) in [5.41, 5.74) is 6.13. The molecule has 0 aromatic carbocycles. The van der Waals surface area contributed by atoms with E-state index in [1.165, 1.54) is 12.8 Å². The van der Waals surface area contributed by atoms with Crippen LogP contribution in [0, 0.1) is 0 Å². The summed E-state index contributed by atoms with van der Waals surface area (Å²) in [6.07, 6.45) is 7.31. The van der Waals surface area contributed by atoms with Gasteiger partial charge in [-0.25, -0.2) is 4.98 Å². The van der Waals surface area contributed by atoms with Gasteiger partial charge < -0.3 is 10.5 Å². The van der Waals surface area contributed by atoms with Crippen LogP contribution in [0.15, 0.2) is 6.33 Å². The van der Waals surface area contributed by atoms with E-state index in [0.717, 1.165) is 38.2 Å². The lowest BCUT2D eigenvalue weighted by atomic mass is 10.0. The van der Waals surface area contributed by atoms with E-state index in [1.54, 1.807) is 6.33 Å². The summed E-state index contributed by atoms with van der Waals surface area (Å²) >= 11 is 0. The monoisotopic (exact) mass is 238 g/mol. The fraction of sp³-hybridized carbons (Fsp3) is 0.833. The van der Waals surface area contributed by atoms with E-state index in [4.69, 9.17) is 10.5 Å². The molecule has 1 aromatic rings. The number of ether oxygens (including phenoxy) is 1. The number of aromatic nitrogens is 3. The zero-order valence-electron chi connectivity index (χ0n) is 10.5. The van der Waals surface area contributed by atoms with Gasteiger partial charge in [0.15, 0.2) is 0 Å². The normalized spacial score (nSPS) is 21.9. The Morgan fingerprint density at radius 2 is 2.53 bits per heavy atom. The molecule has 2 unspecified atom stereocenters. The third-order valence-corrected chi connectivity index (χ3v) is 3.32. The molecule has 5 heteroatoms. The molecular formula is C12H22N4O. The predicted octanol–water partition coefficient (Wildman–Crippen LogP) is 1.13. The van der Waals surface area contributed by atoms with Gasteiger partial charge in [0.1, 0.15) is 12.2 Å². The minimum Gasteiger partial charge on any atom is -0.378 e. The first kappa shape index (κ1) is 12.5. The first-order valence-electron chi connectivity index (χ1n) is 6.53. The molecule has 1 saturated heterocycles. The van der Waals surface area contributed by atoms with E-state index in [-0.39, 0.29) is 6.04 Å². The average molecular weight is 238 g/mol. The molecule has 0 aliphatic carbocycles. The first-order valence-corrected chi connectivity index (χ1v) is 6.53. The van der Waals surface area contributed by atoms with E-state index >= 15 is 0 Å². The van der Waals surface area contributed by atoms with Crippen molar-refractivity contribution in [2.45, 2.75) is 57.7 Å². The highest BCUT2D eigenvalue weighted by atomic mass is 16.5. The lowest BCUT2D eigenvalue weighted by molar-refractivity contribution is 0.101. The van der Waals surface area contributed by atoms with Gasteiger partial charge >= 0.3 is 0 Å². The average Bonchev–Trinajstić information content (AvgIpc) is 2.97. The molecule has 2 N–H and O–H groups in total. The number of aryl methyl sites for hydroxylation is 1. The van der Waals surface area contributed by atoms with E-state index in [2.05, 4.69) is 17.0 Å². The predicted molar refractivity (Wildman–Crippen MR) is 65.6 cm³/mol. The van der Waals surface area contributed by atoms with Gasteiger partial charge in [-0.3, -0.25) is 4.68 Å². The van der Waals surface area contributed by atoms with E-state index in [0.29, 0.717) is 6.10 Å². The quantitative estimate of drug-likeness (QED) is 0.806. The number of nitrogens with zero attached hydrogens (tertiary/aromatic N) is 3. The molecule has 0 radical (unpaired) electrons. The minimum atomic E-state index is 0.161. The zero-order chi connectivity index (χ0) is 12.1. The molecule has 0 spiro atoms. The maximum Gasteiger partial charge on any atom is 0.138 e. The van der Waals surface area contributed by atoms with E-state index in [1.807, 2.05) is 4.68 Å². The molecule has 1 aliphatic rings. The van der Waals surface area contributed by atoms with E-state index < -0.39 is 0 Å². The lowest BCUT2D eigenvalue weighted by Gasteiger charge is -2.14. The molecule has 2 rings (SSSR count). The number of hydrogen-bond donors (Lipinski definition) is 1. The van der Waals surface area contributed by atoms with Crippen molar-refractivity contribution in [3.05, 3.63) is 12.2 Å². The summed E-state index contributed by atoms with van der Waals surface area (Å²) < 4.78 is 7.50. The summed E-state index contributed by atoms with van der Waals surface area (Å²) in [5.74, 6) is 0.993. The molecule has 2 atom stereocenters. The van der Waals surface area contributed by atoms with Crippen LogP contribution in [0.2, 0.25) is 0 Å². The van der Waals surface area contributed by atoms with Gasteiger partial charge in [-0.05, 0) is 32.6 Å². The van der Waals surface area contributed by atoms with Crippen LogP contribution in [0.4, 0.5) is 0 Å². The van der Waals surface area contributed by atoms with Gasteiger partial charge in [0, 0.05) is 25.6 Å². The van der Waals surface area contributed by atoms with Gasteiger partial charge in [-0.15, -0.1) is 0 Å². The highest BCUT2D eigenvalue weighted by molar-refractivity contribution is 4.89. The van der Waals surface area contributed by atoms with Crippen LogP contribution in [0.3, 0.4) is 0 Å². The summed E-state index contributed by atoms with van der Waals surface area (Å²) in [7, 11) is 0. The van der Waals surface area contributed by atoms with Crippen LogP contribution in [-0.4, -0.2) is 33.5 Å². The minimum absolute atomic E-state index is 0.161. The lowest BCUT2D eigenvalue weighted by Crippen LogP contribution is -2.26. The Morgan fingerprint density at radius 3 is 3.24 bits per heavy atom. The molecule has 5 nitrogen and oxygen atoms in total. The molecule has 0 bridgehead atoms. The molecular weight excluding hydrogens is 216 g/mol. The topological polar surface area (TPSA) is 66.0 Å².